The highest BCUT2D eigenvalue weighted by Gasteiger charge is 2.34. The van der Waals surface area contributed by atoms with Crippen LogP contribution >= 0.6 is 22.9 Å². The van der Waals surface area contributed by atoms with Crippen LogP contribution in [0.1, 0.15) is 56.7 Å². The van der Waals surface area contributed by atoms with Gasteiger partial charge in [0.25, 0.3) is 0 Å². The second-order valence-electron chi connectivity index (χ2n) is 5.86. The molecule has 1 saturated carbocycles. The van der Waals surface area contributed by atoms with E-state index in [9.17, 15) is 0 Å². The lowest BCUT2D eigenvalue weighted by molar-refractivity contribution is 0.167. The summed E-state index contributed by atoms with van der Waals surface area (Å²) in [6.45, 7) is 2.29. The van der Waals surface area contributed by atoms with E-state index in [-0.39, 0.29) is 0 Å². The number of nitrogens with zero attached hydrogens (tertiary/aromatic N) is 1. The summed E-state index contributed by atoms with van der Waals surface area (Å²) in [4.78, 5) is 5.59. The normalized spacial score (nSPS) is 28.4. The van der Waals surface area contributed by atoms with Gasteiger partial charge in [-0.1, -0.05) is 26.2 Å². The average molecular weight is 286 g/mol. The smallest absolute Gasteiger partial charge is 0.0794 e. The summed E-state index contributed by atoms with van der Waals surface area (Å²) < 4.78 is 0. The SMILES string of the molecule is CCCCC1CCC(CCl)(Cc2cncs2)CC1. The number of alkyl halides is 1. The zero-order valence-electron chi connectivity index (χ0n) is 11.3. The Labute approximate surface area is 120 Å². The van der Waals surface area contributed by atoms with Gasteiger partial charge in [0.1, 0.15) is 0 Å². The quantitative estimate of drug-likeness (QED) is 0.647. The van der Waals surface area contributed by atoms with Gasteiger partial charge in [-0.15, -0.1) is 22.9 Å². The van der Waals surface area contributed by atoms with Gasteiger partial charge in [-0.2, -0.15) is 0 Å². The summed E-state index contributed by atoms with van der Waals surface area (Å²) in [6.07, 6.45) is 12.7. The fourth-order valence-corrected chi connectivity index (χ4v) is 4.26. The number of halogens is 1. The Bertz CT molecular complexity index is 328. The standard InChI is InChI=1S/C15H24ClNS/c1-2-3-4-13-5-7-15(11-16,8-6-13)9-14-10-17-12-18-14/h10,12-13H,2-9,11H2,1H3. The van der Waals surface area contributed by atoms with Crippen molar-refractivity contribution in [3.63, 3.8) is 0 Å². The summed E-state index contributed by atoms with van der Waals surface area (Å²) in [6, 6.07) is 0. The molecule has 1 aliphatic carbocycles. The van der Waals surface area contributed by atoms with Crippen LogP contribution in [0.3, 0.4) is 0 Å². The molecular formula is C15H24ClNS. The lowest BCUT2D eigenvalue weighted by Crippen LogP contribution is -2.31. The highest BCUT2D eigenvalue weighted by atomic mass is 35.5. The second kappa shape index (κ2) is 6.91. The maximum absolute atomic E-state index is 6.29. The predicted molar refractivity (Wildman–Crippen MR) is 80.5 cm³/mol. The first kappa shape index (κ1) is 14.3. The number of unbranched alkanes of at least 4 members (excludes halogenated alkanes) is 1. The van der Waals surface area contributed by atoms with E-state index in [1.165, 1.54) is 49.8 Å². The average Bonchev–Trinajstić information content (AvgIpc) is 2.91. The molecule has 1 heterocycles. The molecule has 0 spiro atoms. The fraction of sp³-hybridized carbons (Fsp3) is 0.800. The van der Waals surface area contributed by atoms with E-state index >= 15 is 0 Å². The Morgan fingerprint density at radius 1 is 1.44 bits per heavy atom. The maximum Gasteiger partial charge on any atom is 0.0794 e. The van der Waals surface area contributed by atoms with E-state index in [0.29, 0.717) is 5.41 Å². The third kappa shape index (κ3) is 3.71. The van der Waals surface area contributed by atoms with Crippen molar-refractivity contribution in [3.8, 4) is 0 Å². The van der Waals surface area contributed by atoms with Crippen molar-refractivity contribution in [3.05, 3.63) is 16.6 Å². The highest BCUT2D eigenvalue weighted by Crippen LogP contribution is 2.44. The summed E-state index contributed by atoms with van der Waals surface area (Å²) in [5, 5.41) is 0. The van der Waals surface area contributed by atoms with Crippen molar-refractivity contribution in [2.24, 2.45) is 11.3 Å². The minimum absolute atomic E-state index is 0.358. The lowest BCUT2D eigenvalue weighted by Gasteiger charge is -2.39. The van der Waals surface area contributed by atoms with Gasteiger partial charge >= 0.3 is 0 Å². The Kier molecular flexibility index (Phi) is 5.50. The molecule has 1 aromatic heterocycles. The first-order valence-electron chi connectivity index (χ1n) is 7.21. The van der Waals surface area contributed by atoms with Crippen molar-refractivity contribution in [2.75, 3.05) is 5.88 Å². The van der Waals surface area contributed by atoms with Crippen molar-refractivity contribution >= 4 is 22.9 Å². The molecule has 1 aromatic rings. The van der Waals surface area contributed by atoms with Gasteiger partial charge in [0.2, 0.25) is 0 Å². The molecule has 0 aromatic carbocycles. The highest BCUT2D eigenvalue weighted by molar-refractivity contribution is 7.09. The van der Waals surface area contributed by atoms with Gasteiger partial charge in [-0.25, -0.2) is 0 Å². The first-order chi connectivity index (χ1) is 8.78. The number of hydrogen-bond acceptors (Lipinski definition) is 2. The fourth-order valence-electron chi connectivity index (χ4n) is 3.13. The number of rotatable bonds is 6. The van der Waals surface area contributed by atoms with Crippen molar-refractivity contribution in [1.82, 2.24) is 4.98 Å². The van der Waals surface area contributed by atoms with Gasteiger partial charge in [0.05, 0.1) is 5.51 Å². The topological polar surface area (TPSA) is 12.9 Å². The minimum atomic E-state index is 0.358. The van der Waals surface area contributed by atoms with E-state index in [2.05, 4.69) is 11.9 Å². The van der Waals surface area contributed by atoms with E-state index in [4.69, 9.17) is 11.6 Å². The monoisotopic (exact) mass is 285 g/mol. The Morgan fingerprint density at radius 2 is 2.22 bits per heavy atom. The molecule has 0 N–H and O–H groups in total. The molecule has 2 rings (SSSR count). The van der Waals surface area contributed by atoms with E-state index in [1.807, 2.05) is 11.7 Å². The number of hydrogen-bond donors (Lipinski definition) is 0. The molecule has 0 unspecified atom stereocenters. The van der Waals surface area contributed by atoms with E-state index in [1.54, 1.807) is 11.3 Å². The molecule has 1 aliphatic rings. The molecule has 0 aliphatic heterocycles. The van der Waals surface area contributed by atoms with Crippen LogP contribution in [-0.4, -0.2) is 10.9 Å². The number of thiazole rings is 1. The molecule has 102 valence electrons. The van der Waals surface area contributed by atoms with Crippen LogP contribution in [0.4, 0.5) is 0 Å². The molecule has 0 atom stereocenters. The summed E-state index contributed by atoms with van der Waals surface area (Å²) in [5.41, 5.74) is 2.29. The van der Waals surface area contributed by atoms with Gasteiger partial charge in [-0.3, -0.25) is 4.98 Å². The van der Waals surface area contributed by atoms with Crippen LogP contribution in [0.25, 0.3) is 0 Å². The van der Waals surface area contributed by atoms with Crippen LogP contribution in [-0.2, 0) is 6.42 Å². The second-order valence-corrected chi connectivity index (χ2v) is 7.10. The molecule has 18 heavy (non-hydrogen) atoms. The molecule has 0 bridgehead atoms. The van der Waals surface area contributed by atoms with Crippen molar-refractivity contribution < 1.29 is 0 Å². The Morgan fingerprint density at radius 3 is 2.78 bits per heavy atom. The van der Waals surface area contributed by atoms with Gasteiger partial charge in [-0.05, 0) is 43.4 Å². The van der Waals surface area contributed by atoms with Crippen molar-refractivity contribution in [2.45, 2.75) is 58.3 Å². The van der Waals surface area contributed by atoms with Crippen LogP contribution in [0.2, 0.25) is 0 Å². The van der Waals surface area contributed by atoms with Crippen LogP contribution in [0.15, 0.2) is 11.7 Å². The third-order valence-corrected chi connectivity index (χ3v) is 5.79. The summed E-state index contributed by atoms with van der Waals surface area (Å²) in [7, 11) is 0. The molecule has 0 saturated heterocycles. The molecule has 1 nitrogen and oxygen atoms in total. The summed E-state index contributed by atoms with van der Waals surface area (Å²) in [5.74, 6) is 1.77. The zero-order valence-corrected chi connectivity index (χ0v) is 12.9. The molecular weight excluding hydrogens is 262 g/mol. The lowest BCUT2D eigenvalue weighted by atomic mass is 9.68. The molecule has 1 fully saturated rings. The van der Waals surface area contributed by atoms with Crippen molar-refractivity contribution in [1.29, 1.82) is 0 Å². The molecule has 3 heteroatoms. The zero-order chi connectivity index (χ0) is 12.8. The van der Waals surface area contributed by atoms with Crippen LogP contribution < -0.4 is 0 Å². The maximum atomic E-state index is 6.29. The Balaban J connectivity index is 1.87. The van der Waals surface area contributed by atoms with Crippen LogP contribution in [0, 0.1) is 11.3 Å². The van der Waals surface area contributed by atoms with Gasteiger partial charge in [0, 0.05) is 17.0 Å². The van der Waals surface area contributed by atoms with Crippen LogP contribution in [0.5, 0.6) is 0 Å². The summed E-state index contributed by atoms with van der Waals surface area (Å²) >= 11 is 8.07. The third-order valence-electron chi connectivity index (χ3n) is 4.45. The first-order valence-corrected chi connectivity index (χ1v) is 8.63. The minimum Gasteiger partial charge on any atom is -0.253 e. The van der Waals surface area contributed by atoms with E-state index < -0.39 is 0 Å². The van der Waals surface area contributed by atoms with E-state index in [0.717, 1.165) is 18.2 Å². The number of aromatic nitrogens is 1. The van der Waals surface area contributed by atoms with Gasteiger partial charge < -0.3 is 0 Å². The predicted octanol–water partition coefficient (Wildman–Crippen LogP) is 5.29. The molecule has 0 radical (unpaired) electrons. The molecule has 0 amide bonds. The largest absolute Gasteiger partial charge is 0.253 e. The van der Waals surface area contributed by atoms with Gasteiger partial charge in [0.15, 0.2) is 0 Å². The Hall–Kier alpha value is -0.0800.